The largest absolute Gasteiger partial charge is 0.493 e. The van der Waals surface area contributed by atoms with Crippen LogP contribution in [0.4, 0.5) is 10.5 Å². The molecule has 7 nitrogen and oxygen atoms in total. The number of hydrogen-bond acceptors (Lipinski definition) is 4. The molecule has 0 fully saturated rings. The molecular formula is C26H24IN3O4. The van der Waals surface area contributed by atoms with Crippen LogP contribution in [0.3, 0.4) is 0 Å². The maximum Gasteiger partial charge on any atom is 0.319 e. The normalized spacial score (nSPS) is 15.3. The molecule has 0 aromatic heterocycles. The minimum Gasteiger partial charge on any atom is -0.493 e. The summed E-state index contributed by atoms with van der Waals surface area (Å²) in [5.74, 6) is 0.775. The molecule has 3 aromatic rings. The number of benzene rings is 3. The highest BCUT2D eigenvalue weighted by molar-refractivity contribution is 14.1. The lowest BCUT2D eigenvalue weighted by Gasteiger charge is -2.29. The molecule has 0 bridgehead atoms. The van der Waals surface area contributed by atoms with Crippen molar-refractivity contribution < 1.29 is 19.1 Å². The number of nitrogens with one attached hydrogen (secondary N) is 3. The Kier molecular flexibility index (Phi) is 7.36. The molecule has 3 amide bonds. The van der Waals surface area contributed by atoms with Gasteiger partial charge in [-0.1, -0.05) is 36.4 Å². The van der Waals surface area contributed by atoms with Crippen LogP contribution in [0.5, 0.6) is 11.5 Å². The molecule has 1 heterocycles. The second kappa shape index (κ2) is 10.6. The van der Waals surface area contributed by atoms with Gasteiger partial charge in [-0.25, -0.2) is 4.79 Å². The lowest BCUT2D eigenvalue weighted by Crippen LogP contribution is -2.46. The van der Waals surface area contributed by atoms with Gasteiger partial charge in [-0.15, -0.1) is 0 Å². The summed E-state index contributed by atoms with van der Waals surface area (Å²) < 4.78 is 12.6. The van der Waals surface area contributed by atoms with E-state index in [4.69, 9.17) is 9.47 Å². The molecule has 0 spiro atoms. The van der Waals surface area contributed by atoms with Crippen molar-refractivity contribution in [3.8, 4) is 11.5 Å². The first-order valence-electron chi connectivity index (χ1n) is 10.6. The average Bonchev–Trinajstić information content (AvgIpc) is 2.84. The predicted molar refractivity (Wildman–Crippen MR) is 139 cm³/mol. The van der Waals surface area contributed by atoms with Gasteiger partial charge in [0, 0.05) is 15.0 Å². The van der Waals surface area contributed by atoms with Crippen molar-refractivity contribution in [2.45, 2.75) is 19.6 Å². The number of anilines is 1. The Morgan fingerprint density at radius 1 is 1.03 bits per heavy atom. The van der Waals surface area contributed by atoms with Crippen LogP contribution in [-0.2, 0) is 11.4 Å². The lowest BCUT2D eigenvalue weighted by atomic mass is 9.94. The Morgan fingerprint density at radius 3 is 2.47 bits per heavy atom. The van der Waals surface area contributed by atoms with Crippen molar-refractivity contribution in [1.29, 1.82) is 0 Å². The highest BCUT2D eigenvalue weighted by Gasteiger charge is 2.31. The SMILES string of the molecule is COc1cc(C2NC(=O)NC(C)=C2C(=O)Nc2ccc(I)cc2)ccc1OCc1ccccc1. The monoisotopic (exact) mass is 569 g/mol. The molecule has 0 saturated heterocycles. The summed E-state index contributed by atoms with van der Waals surface area (Å²) in [5, 5.41) is 8.46. The van der Waals surface area contributed by atoms with Crippen LogP contribution in [0.1, 0.15) is 24.1 Å². The molecule has 8 heteroatoms. The molecule has 1 aliphatic heterocycles. The second-order valence-electron chi connectivity index (χ2n) is 7.72. The highest BCUT2D eigenvalue weighted by Crippen LogP contribution is 2.35. The number of allylic oxidation sites excluding steroid dienone is 1. The summed E-state index contributed by atoms with van der Waals surface area (Å²) in [6, 6.07) is 21.7. The summed E-state index contributed by atoms with van der Waals surface area (Å²) >= 11 is 2.21. The molecule has 0 aliphatic carbocycles. The van der Waals surface area contributed by atoms with Crippen molar-refractivity contribution in [3.05, 3.63) is 98.8 Å². The van der Waals surface area contributed by atoms with Crippen LogP contribution in [-0.4, -0.2) is 19.0 Å². The first-order chi connectivity index (χ1) is 16.4. The van der Waals surface area contributed by atoms with E-state index >= 15 is 0 Å². The molecule has 3 aromatic carbocycles. The van der Waals surface area contributed by atoms with Crippen molar-refractivity contribution in [2.24, 2.45) is 0 Å². The maximum atomic E-state index is 13.2. The van der Waals surface area contributed by atoms with E-state index in [1.54, 1.807) is 26.2 Å². The number of halogens is 1. The third kappa shape index (κ3) is 5.51. The van der Waals surface area contributed by atoms with E-state index in [1.165, 1.54) is 0 Å². The number of rotatable bonds is 7. The van der Waals surface area contributed by atoms with Crippen LogP contribution < -0.4 is 25.4 Å². The van der Waals surface area contributed by atoms with Gasteiger partial charge in [0.1, 0.15) is 6.61 Å². The predicted octanol–water partition coefficient (Wildman–Crippen LogP) is 5.15. The molecule has 1 aliphatic rings. The van der Waals surface area contributed by atoms with Gasteiger partial charge in [0.25, 0.3) is 5.91 Å². The maximum absolute atomic E-state index is 13.2. The Labute approximate surface area is 211 Å². The molecular weight excluding hydrogens is 545 g/mol. The van der Waals surface area contributed by atoms with E-state index < -0.39 is 6.04 Å². The van der Waals surface area contributed by atoms with Gasteiger partial charge in [-0.3, -0.25) is 4.79 Å². The summed E-state index contributed by atoms with van der Waals surface area (Å²) in [5.41, 5.74) is 3.31. The van der Waals surface area contributed by atoms with Crippen LogP contribution in [0.2, 0.25) is 0 Å². The minimum absolute atomic E-state index is 0.306. The van der Waals surface area contributed by atoms with Crippen molar-refractivity contribution in [1.82, 2.24) is 10.6 Å². The van der Waals surface area contributed by atoms with Gasteiger partial charge < -0.3 is 25.4 Å². The quantitative estimate of drug-likeness (QED) is 0.344. The smallest absolute Gasteiger partial charge is 0.319 e. The minimum atomic E-state index is -0.658. The number of methoxy groups -OCH3 is 1. The van der Waals surface area contributed by atoms with E-state index in [0.29, 0.717) is 40.6 Å². The second-order valence-corrected chi connectivity index (χ2v) is 8.96. The Hall–Kier alpha value is -3.53. The zero-order valence-electron chi connectivity index (χ0n) is 18.7. The first-order valence-corrected chi connectivity index (χ1v) is 11.7. The summed E-state index contributed by atoms with van der Waals surface area (Å²) in [6.45, 7) is 2.10. The molecule has 4 rings (SSSR count). The number of carbonyl (C=O) groups excluding carboxylic acids is 2. The molecule has 1 unspecified atom stereocenters. The summed E-state index contributed by atoms with van der Waals surface area (Å²) in [4.78, 5) is 25.5. The van der Waals surface area contributed by atoms with Crippen LogP contribution in [0, 0.1) is 3.57 Å². The molecule has 3 N–H and O–H groups in total. The van der Waals surface area contributed by atoms with Crippen LogP contribution in [0.25, 0.3) is 0 Å². The molecule has 34 heavy (non-hydrogen) atoms. The first kappa shape index (κ1) is 23.6. The fourth-order valence-electron chi connectivity index (χ4n) is 3.69. The van der Waals surface area contributed by atoms with Crippen molar-refractivity contribution >= 4 is 40.2 Å². The third-order valence-corrected chi connectivity index (χ3v) is 6.09. The van der Waals surface area contributed by atoms with Crippen molar-refractivity contribution in [3.63, 3.8) is 0 Å². The average molecular weight is 569 g/mol. The fraction of sp³-hybridized carbons (Fsp3) is 0.154. The van der Waals surface area contributed by atoms with Crippen molar-refractivity contribution in [2.75, 3.05) is 12.4 Å². The zero-order chi connectivity index (χ0) is 24.1. The Bertz CT molecular complexity index is 1230. The number of urea groups is 1. The van der Waals surface area contributed by atoms with Crippen LogP contribution >= 0.6 is 22.6 Å². The Balaban J connectivity index is 1.59. The van der Waals surface area contributed by atoms with E-state index in [0.717, 1.165) is 9.13 Å². The number of hydrogen-bond donors (Lipinski definition) is 3. The van der Waals surface area contributed by atoms with E-state index in [2.05, 4.69) is 38.5 Å². The number of ether oxygens (including phenoxy) is 2. The highest BCUT2D eigenvalue weighted by atomic mass is 127. The molecule has 174 valence electrons. The zero-order valence-corrected chi connectivity index (χ0v) is 20.9. The summed E-state index contributed by atoms with van der Waals surface area (Å²) in [7, 11) is 1.56. The molecule has 1 atom stereocenters. The topological polar surface area (TPSA) is 88.7 Å². The Morgan fingerprint density at radius 2 is 1.76 bits per heavy atom. The van der Waals surface area contributed by atoms with E-state index in [-0.39, 0.29) is 11.9 Å². The third-order valence-electron chi connectivity index (χ3n) is 5.37. The van der Waals surface area contributed by atoms with Gasteiger partial charge >= 0.3 is 6.03 Å². The molecule has 0 saturated carbocycles. The van der Waals surface area contributed by atoms with Gasteiger partial charge in [-0.05, 0) is 77.0 Å². The standard InChI is InChI=1S/C26H24IN3O4/c1-16-23(25(31)29-20-11-9-19(27)10-12-20)24(30-26(32)28-16)18-8-13-21(22(14-18)33-2)34-15-17-6-4-3-5-7-17/h3-14,24H,15H2,1-2H3,(H,29,31)(H2,28,30,32). The van der Waals surface area contributed by atoms with Crippen LogP contribution in [0.15, 0.2) is 84.1 Å². The van der Waals surface area contributed by atoms with Gasteiger partial charge in [-0.2, -0.15) is 0 Å². The molecule has 0 radical (unpaired) electrons. The van der Waals surface area contributed by atoms with Gasteiger partial charge in [0.15, 0.2) is 11.5 Å². The van der Waals surface area contributed by atoms with Gasteiger partial charge in [0.2, 0.25) is 0 Å². The van der Waals surface area contributed by atoms with E-state index in [9.17, 15) is 9.59 Å². The number of carbonyl (C=O) groups is 2. The van der Waals surface area contributed by atoms with Gasteiger partial charge in [0.05, 0.1) is 18.7 Å². The van der Waals surface area contributed by atoms with E-state index in [1.807, 2.05) is 60.7 Å². The number of amides is 3. The summed E-state index contributed by atoms with van der Waals surface area (Å²) in [6.07, 6.45) is 0. The lowest BCUT2D eigenvalue weighted by molar-refractivity contribution is -0.113. The fourth-order valence-corrected chi connectivity index (χ4v) is 4.05.